The van der Waals surface area contributed by atoms with Crippen molar-refractivity contribution in [3.05, 3.63) is 28.4 Å². The van der Waals surface area contributed by atoms with Crippen LogP contribution < -0.4 is 0 Å². The van der Waals surface area contributed by atoms with Crippen molar-refractivity contribution < 1.29 is 0 Å². The van der Waals surface area contributed by atoms with Crippen LogP contribution in [0.3, 0.4) is 0 Å². The van der Waals surface area contributed by atoms with Gasteiger partial charge in [-0.05, 0) is 32.0 Å². The molecule has 0 bridgehead atoms. The number of halogens is 2. The molecule has 0 N–H and O–H groups in total. The highest BCUT2D eigenvalue weighted by atomic mass is 35.5. The zero-order valence-electron chi connectivity index (χ0n) is 7.96. The van der Waals surface area contributed by atoms with Crippen molar-refractivity contribution in [3.8, 4) is 0 Å². The molecule has 1 heterocycles. The maximum absolute atomic E-state index is 6.00. The molecule has 0 saturated carbocycles. The molecule has 1 aromatic carbocycles. The molecule has 2 nitrogen and oxygen atoms in total. The molecule has 74 valence electrons. The first kappa shape index (κ1) is 9.81. The van der Waals surface area contributed by atoms with Crippen LogP contribution in [0.2, 0.25) is 10.2 Å². The fraction of sp³-hybridized carbons (Fsp3) is 0.300. The number of nitrogens with zero attached hydrogens (tertiary/aromatic N) is 2. The van der Waals surface area contributed by atoms with Crippen molar-refractivity contribution in [1.82, 2.24) is 9.78 Å². The number of rotatable bonds is 1. The van der Waals surface area contributed by atoms with E-state index in [1.807, 2.05) is 22.9 Å². The summed E-state index contributed by atoms with van der Waals surface area (Å²) in [5, 5.41) is 6.36. The molecule has 4 heteroatoms. The Morgan fingerprint density at radius 2 is 2.00 bits per heavy atom. The molecule has 0 unspecified atom stereocenters. The quantitative estimate of drug-likeness (QED) is 0.724. The molecule has 0 atom stereocenters. The van der Waals surface area contributed by atoms with E-state index in [4.69, 9.17) is 23.2 Å². The second-order valence-electron chi connectivity index (χ2n) is 3.49. The summed E-state index contributed by atoms with van der Waals surface area (Å²) in [6.07, 6.45) is 0. The van der Waals surface area contributed by atoms with Crippen LogP contribution in [0.4, 0.5) is 0 Å². The molecule has 0 aliphatic rings. The average molecular weight is 229 g/mol. The molecule has 1 aromatic heterocycles. The summed E-state index contributed by atoms with van der Waals surface area (Å²) >= 11 is 11.9. The maximum atomic E-state index is 6.00. The average Bonchev–Trinajstić information content (AvgIpc) is 2.44. The highest BCUT2D eigenvalue weighted by molar-refractivity contribution is 6.35. The normalized spacial score (nSPS) is 11.5. The molecule has 0 saturated heterocycles. The van der Waals surface area contributed by atoms with E-state index in [1.54, 1.807) is 0 Å². The molecule has 0 radical (unpaired) electrons. The Labute approximate surface area is 92.4 Å². The van der Waals surface area contributed by atoms with Gasteiger partial charge in [0.2, 0.25) is 0 Å². The van der Waals surface area contributed by atoms with Gasteiger partial charge in [0.1, 0.15) is 0 Å². The Morgan fingerprint density at radius 1 is 1.29 bits per heavy atom. The van der Waals surface area contributed by atoms with Crippen molar-refractivity contribution in [1.29, 1.82) is 0 Å². The number of hydrogen-bond donors (Lipinski definition) is 0. The summed E-state index contributed by atoms with van der Waals surface area (Å²) in [6.45, 7) is 4.13. The Balaban J connectivity index is 2.77. The van der Waals surface area contributed by atoms with E-state index in [9.17, 15) is 0 Å². The lowest BCUT2D eigenvalue weighted by atomic mass is 10.2. The van der Waals surface area contributed by atoms with Gasteiger partial charge < -0.3 is 0 Å². The molecule has 0 spiro atoms. The van der Waals surface area contributed by atoms with E-state index in [0.29, 0.717) is 16.2 Å². The highest BCUT2D eigenvalue weighted by Crippen LogP contribution is 2.27. The molecule has 0 fully saturated rings. The van der Waals surface area contributed by atoms with Crippen LogP contribution in [0, 0.1) is 0 Å². The van der Waals surface area contributed by atoms with Gasteiger partial charge in [-0.3, -0.25) is 4.68 Å². The fourth-order valence-corrected chi connectivity index (χ4v) is 1.87. The largest absolute Gasteiger partial charge is 0.261 e. The summed E-state index contributed by atoms with van der Waals surface area (Å²) in [6, 6.07) is 5.92. The lowest BCUT2D eigenvalue weighted by molar-refractivity contribution is 0.551. The second kappa shape index (κ2) is 3.44. The first-order chi connectivity index (χ1) is 6.59. The van der Waals surface area contributed by atoms with Gasteiger partial charge in [0, 0.05) is 16.5 Å². The topological polar surface area (TPSA) is 17.8 Å². The SMILES string of the molecule is CC(C)n1nc(Cl)c2cc(Cl)ccc21. The Kier molecular flexibility index (Phi) is 2.41. The zero-order chi connectivity index (χ0) is 10.3. The molecule has 0 amide bonds. The number of aromatic nitrogens is 2. The molecule has 0 aliphatic heterocycles. The predicted molar refractivity (Wildman–Crippen MR) is 60.1 cm³/mol. The summed E-state index contributed by atoms with van der Waals surface area (Å²) < 4.78 is 1.90. The monoisotopic (exact) mass is 228 g/mol. The zero-order valence-corrected chi connectivity index (χ0v) is 9.47. The third kappa shape index (κ3) is 1.49. The third-order valence-corrected chi connectivity index (χ3v) is 2.63. The lowest BCUT2D eigenvalue weighted by Gasteiger charge is -2.06. The van der Waals surface area contributed by atoms with Crippen LogP contribution in [0.5, 0.6) is 0 Å². The van der Waals surface area contributed by atoms with E-state index < -0.39 is 0 Å². The van der Waals surface area contributed by atoms with Gasteiger partial charge in [-0.1, -0.05) is 23.2 Å². The minimum Gasteiger partial charge on any atom is -0.261 e. The van der Waals surface area contributed by atoms with E-state index in [-0.39, 0.29) is 0 Å². The Hall–Kier alpha value is -0.730. The molecule has 14 heavy (non-hydrogen) atoms. The van der Waals surface area contributed by atoms with Crippen LogP contribution in [-0.4, -0.2) is 9.78 Å². The van der Waals surface area contributed by atoms with E-state index >= 15 is 0 Å². The van der Waals surface area contributed by atoms with Crippen LogP contribution in [-0.2, 0) is 0 Å². The highest BCUT2D eigenvalue weighted by Gasteiger charge is 2.10. The van der Waals surface area contributed by atoms with Crippen molar-refractivity contribution in [2.24, 2.45) is 0 Å². The van der Waals surface area contributed by atoms with Gasteiger partial charge >= 0.3 is 0 Å². The molecular weight excluding hydrogens is 219 g/mol. The summed E-state index contributed by atoms with van der Waals surface area (Å²) in [4.78, 5) is 0. The van der Waals surface area contributed by atoms with Crippen LogP contribution in [0.25, 0.3) is 10.9 Å². The van der Waals surface area contributed by atoms with E-state index in [2.05, 4.69) is 18.9 Å². The minimum atomic E-state index is 0.297. The lowest BCUT2D eigenvalue weighted by Crippen LogP contribution is -2.01. The standard InChI is InChI=1S/C10H10Cl2N2/c1-6(2)14-9-4-3-7(11)5-8(9)10(12)13-14/h3-6H,1-2H3. The number of hydrogen-bond acceptors (Lipinski definition) is 1. The van der Waals surface area contributed by atoms with Crippen molar-refractivity contribution >= 4 is 34.1 Å². The third-order valence-electron chi connectivity index (χ3n) is 2.11. The van der Waals surface area contributed by atoms with Crippen molar-refractivity contribution in [3.63, 3.8) is 0 Å². The first-order valence-corrected chi connectivity index (χ1v) is 5.18. The Bertz CT molecular complexity index is 474. The van der Waals surface area contributed by atoms with Crippen LogP contribution >= 0.6 is 23.2 Å². The van der Waals surface area contributed by atoms with Gasteiger partial charge in [-0.25, -0.2) is 0 Å². The smallest absolute Gasteiger partial charge is 0.158 e. The maximum Gasteiger partial charge on any atom is 0.158 e. The fourth-order valence-electron chi connectivity index (χ4n) is 1.47. The van der Waals surface area contributed by atoms with Gasteiger partial charge in [0.25, 0.3) is 0 Å². The summed E-state index contributed by atoms with van der Waals surface area (Å²) in [5.74, 6) is 0. The van der Waals surface area contributed by atoms with Crippen LogP contribution in [0.15, 0.2) is 18.2 Å². The van der Waals surface area contributed by atoms with Gasteiger partial charge in [-0.15, -0.1) is 0 Å². The summed E-state index contributed by atoms with van der Waals surface area (Å²) in [7, 11) is 0. The van der Waals surface area contributed by atoms with Gasteiger partial charge in [0.05, 0.1) is 5.52 Å². The van der Waals surface area contributed by atoms with E-state index in [0.717, 1.165) is 10.9 Å². The molecule has 0 aliphatic carbocycles. The van der Waals surface area contributed by atoms with Crippen LogP contribution in [0.1, 0.15) is 19.9 Å². The molecule has 2 aromatic rings. The molecule has 2 rings (SSSR count). The second-order valence-corrected chi connectivity index (χ2v) is 4.29. The van der Waals surface area contributed by atoms with Gasteiger partial charge in [-0.2, -0.15) is 5.10 Å². The summed E-state index contributed by atoms with van der Waals surface area (Å²) in [5.41, 5.74) is 1.02. The Morgan fingerprint density at radius 3 is 2.64 bits per heavy atom. The van der Waals surface area contributed by atoms with E-state index in [1.165, 1.54) is 0 Å². The number of fused-ring (bicyclic) bond motifs is 1. The first-order valence-electron chi connectivity index (χ1n) is 4.43. The van der Waals surface area contributed by atoms with Gasteiger partial charge in [0.15, 0.2) is 5.15 Å². The molecular formula is C10H10Cl2N2. The predicted octanol–water partition coefficient (Wildman–Crippen LogP) is 3.92. The van der Waals surface area contributed by atoms with Crippen molar-refractivity contribution in [2.75, 3.05) is 0 Å². The van der Waals surface area contributed by atoms with Crippen molar-refractivity contribution in [2.45, 2.75) is 19.9 Å². The minimum absolute atomic E-state index is 0.297. The number of benzene rings is 1.